The van der Waals surface area contributed by atoms with Crippen molar-refractivity contribution in [3.63, 3.8) is 0 Å². The molecule has 1 aromatic heterocycles. The maximum atomic E-state index is 12.3. The van der Waals surface area contributed by atoms with Crippen molar-refractivity contribution in [1.82, 2.24) is 14.8 Å². The largest absolute Gasteiger partial charge is 0.491 e. The quantitative estimate of drug-likeness (QED) is 0.656. The van der Waals surface area contributed by atoms with E-state index in [0.29, 0.717) is 43.1 Å². The molecule has 3 rings (SSSR count). The Kier molecular flexibility index (Phi) is 7.70. The molecule has 2 heterocycles. The van der Waals surface area contributed by atoms with E-state index in [9.17, 15) is 13.2 Å². The van der Waals surface area contributed by atoms with Crippen molar-refractivity contribution in [2.24, 2.45) is 5.92 Å². The van der Waals surface area contributed by atoms with E-state index in [0.717, 1.165) is 45.0 Å². The van der Waals surface area contributed by atoms with Gasteiger partial charge in [0, 0.05) is 38.5 Å². The second-order valence-electron chi connectivity index (χ2n) is 9.99. The number of carbonyl (C=O) groups is 1. The fraction of sp³-hybridized carbons (Fsp3) is 0.739. The third-order valence-electron chi connectivity index (χ3n) is 6.16. The zero-order valence-corrected chi connectivity index (χ0v) is 20.8. The maximum absolute atomic E-state index is 12.3. The van der Waals surface area contributed by atoms with Gasteiger partial charge in [-0.05, 0) is 71.4 Å². The average Bonchev–Trinajstić information content (AvgIpc) is 2.71. The summed E-state index contributed by atoms with van der Waals surface area (Å²) in [6.45, 7) is 11.3. The van der Waals surface area contributed by atoms with Crippen molar-refractivity contribution >= 4 is 15.9 Å². The van der Waals surface area contributed by atoms with Gasteiger partial charge in [-0.2, -0.15) is 0 Å². The van der Waals surface area contributed by atoms with Crippen molar-refractivity contribution < 1.29 is 22.7 Å². The average molecular weight is 468 g/mol. The summed E-state index contributed by atoms with van der Waals surface area (Å²) in [6.07, 6.45) is 5.41. The molecule has 1 amide bonds. The first kappa shape index (κ1) is 24.8. The number of pyridine rings is 1. The number of aryl methyl sites for hydroxylation is 1. The molecule has 1 aromatic rings. The molecule has 0 atom stereocenters. The van der Waals surface area contributed by atoms with E-state index in [-0.39, 0.29) is 11.1 Å². The number of rotatable bonds is 5. The van der Waals surface area contributed by atoms with Gasteiger partial charge in [0.2, 0.25) is 0 Å². The highest BCUT2D eigenvalue weighted by atomic mass is 32.2. The first-order valence-electron chi connectivity index (χ1n) is 11.4. The van der Waals surface area contributed by atoms with Gasteiger partial charge in [0.15, 0.2) is 14.9 Å². The monoisotopic (exact) mass is 467 g/mol. The molecule has 32 heavy (non-hydrogen) atoms. The van der Waals surface area contributed by atoms with Gasteiger partial charge in [0.1, 0.15) is 11.4 Å². The summed E-state index contributed by atoms with van der Waals surface area (Å²) in [5.74, 6) is 1.14. The van der Waals surface area contributed by atoms with Crippen molar-refractivity contribution in [2.75, 3.05) is 39.0 Å². The van der Waals surface area contributed by atoms with Crippen molar-refractivity contribution in [3.8, 4) is 5.75 Å². The number of sulfone groups is 1. The fourth-order valence-corrected chi connectivity index (χ4v) is 4.98. The number of carbonyl (C=O) groups excluding carboxylic acids is 1. The summed E-state index contributed by atoms with van der Waals surface area (Å²) >= 11 is 0. The van der Waals surface area contributed by atoms with Crippen molar-refractivity contribution in [2.45, 2.75) is 70.0 Å². The lowest BCUT2D eigenvalue weighted by Gasteiger charge is -2.42. The first-order valence-corrected chi connectivity index (χ1v) is 13.3. The highest BCUT2D eigenvalue weighted by molar-refractivity contribution is 7.90. The highest BCUT2D eigenvalue weighted by Crippen LogP contribution is 2.29. The van der Waals surface area contributed by atoms with Crippen LogP contribution in [-0.4, -0.2) is 80.0 Å². The smallest absolute Gasteiger partial charge is 0.410 e. The molecule has 0 spiro atoms. The Bertz CT molecular complexity index is 897. The number of hydrogen-bond donors (Lipinski definition) is 0. The third kappa shape index (κ3) is 6.81. The van der Waals surface area contributed by atoms with Crippen LogP contribution in [0, 0.1) is 12.8 Å². The summed E-state index contributed by atoms with van der Waals surface area (Å²) in [7, 11) is -3.31. The van der Waals surface area contributed by atoms with Crippen LogP contribution >= 0.6 is 0 Å². The van der Waals surface area contributed by atoms with Gasteiger partial charge in [-0.3, -0.25) is 4.90 Å². The molecule has 1 saturated heterocycles. The van der Waals surface area contributed by atoms with Gasteiger partial charge in [-0.1, -0.05) is 0 Å². The van der Waals surface area contributed by atoms with Crippen LogP contribution in [0.2, 0.25) is 0 Å². The second kappa shape index (κ2) is 9.95. The zero-order chi connectivity index (χ0) is 23.5. The normalized spacial score (nSPS) is 23.1. The Morgan fingerprint density at radius 3 is 2.25 bits per heavy atom. The van der Waals surface area contributed by atoms with E-state index in [1.807, 2.05) is 25.7 Å². The van der Waals surface area contributed by atoms with Crippen molar-refractivity contribution in [1.29, 1.82) is 0 Å². The van der Waals surface area contributed by atoms with Crippen LogP contribution < -0.4 is 4.74 Å². The predicted molar refractivity (Wildman–Crippen MR) is 123 cm³/mol. The third-order valence-corrected chi connectivity index (χ3v) is 7.15. The van der Waals surface area contributed by atoms with E-state index in [4.69, 9.17) is 9.47 Å². The number of amides is 1. The number of nitrogens with zero attached hydrogens (tertiary/aromatic N) is 3. The Morgan fingerprint density at radius 1 is 1.09 bits per heavy atom. The molecular formula is C23H37N3O5S. The summed E-state index contributed by atoms with van der Waals surface area (Å²) in [5.41, 5.74) is 0.142. The van der Waals surface area contributed by atoms with Crippen LogP contribution in [0.5, 0.6) is 5.75 Å². The Balaban J connectivity index is 1.41. The number of aromatic nitrogens is 1. The van der Waals surface area contributed by atoms with Crippen LogP contribution in [0.4, 0.5) is 4.79 Å². The second-order valence-corrected chi connectivity index (χ2v) is 12.0. The van der Waals surface area contributed by atoms with Gasteiger partial charge >= 0.3 is 6.09 Å². The molecule has 0 N–H and O–H groups in total. The standard InChI is InChI=1S/C23H37N3O5S/c1-17-20(10-11-21(24-17)32(5,28)29)30-16-18-6-8-19(9-7-18)25-12-14-26(15-13-25)22(27)31-23(2,3)4/h10-11,18-19H,6-9,12-16H2,1-5H3/t18-,19-. The van der Waals surface area contributed by atoms with Crippen molar-refractivity contribution in [3.05, 3.63) is 17.8 Å². The van der Waals surface area contributed by atoms with Crippen LogP contribution in [-0.2, 0) is 14.6 Å². The van der Waals surface area contributed by atoms with E-state index < -0.39 is 15.4 Å². The van der Waals surface area contributed by atoms with E-state index in [1.165, 1.54) is 6.07 Å². The number of ether oxygens (including phenoxy) is 2. The summed E-state index contributed by atoms with van der Waals surface area (Å²) in [4.78, 5) is 20.7. The molecule has 1 aliphatic heterocycles. The van der Waals surface area contributed by atoms with Crippen LogP contribution in [0.15, 0.2) is 17.2 Å². The molecule has 2 fully saturated rings. The summed E-state index contributed by atoms with van der Waals surface area (Å²) < 4.78 is 34.7. The molecule has 9 heteroatoms. The van der Waals surface area contributed by atoms with Gasteiger partial charge in [0.25, 0.3) is 0 Å². The van der Waals surface area contributed by atoms with E-state index in [2.05, 4.69) is 9.88 Å². The SMILES string of the molecule is Cc1nc(S(C)(=O)=O)ccc1OC[C@H]1CC[C@H](N2CCN(C(=O)OC(C)(C)C)CC2)CC1. The van der Waals surface area contributed by atoms with Crippen LogP contribution in [0.3, 0.4) is 0 Å². The van der Waals surface area contributed by atoms with E-state index >= 15 is 0 Å². The fourth-order valence-electron chi connectivity index (χ4n) is 4.36. The zero-order valence-electron chi connectivity index (χ0n) is 20.0. The minimum absolute atomic E-state index is 0.0784. The lowest BCUT2D eigenvalue weighted by molar-refractivity contribution is 0.00653. The Labute approximate surface area is 192 Å². The molecule has 2 aliphatic rings. The van der Waals surface area contributed by atoms with E-state index in [1.54, 1.807) is 13.0 Å². The molecule has 180 valence electrons. The summed E-state index contributed by atoms with van der Waals surface area (Å²) in [5, 5.41) is 0.0784. The van der Waals surface area contributed by atoms with Crippen LogP contribution in [0.25, 0.3) is 0 Å². The van der Waals surface area contributed by atoms with Gasteiger partial charge in [-0.15, -0.1) is 0 Å². The lowest BCUT2D eigenvalue weighted by atomic mass is 9.85. The molecule has 0 aromatic carbocycles. The Morgan fingerprint density at radius 2 is 1.72 bits per heavy atom. The van der Waals surface area contributed by atoms with Gasteiger partial charge in [0.05, 0.1) is 12.3 Å². The predicted octanol–water partition coefficient (Wildman–Crippen LogP) is 3.28. The van der Waals surface area contributed by atoms with Gasteiger partial charge in [-0.25, -0.2) is 18.2 Å². The molecule has 8 nitrogen and oxygen atoms in total. The minimum Gasteiger partial charge on any atom is -0.491 e. The molecule has 0 unspecified atom stereocenters. The van der Waals surface area contributed by atoms with Gasteiger partial charge < -0.3 is 14.4 Å². The van der Waals surface area contributed by atoms with Crippen LogP contribution in [0.1, 0.15) is 52.1 Å². The molecule has 0 radical (unpaired) electrons. The highest BCUT2D eigenvalue weighted by Gasteiger charge is 2.31. The molecule has 1 aliphatic carbocycles. The topological polar surface area (TPSA) is 89.0 Å². The number of hydrogen-bond acceptors (Lipinski definition) is 7. The number of piperazine rings is 1. The molecule has 0 bridgehead atoms. The first-order chi connectivity index (χ1) is 14.9. The molecular weight excluding hydrogens is 430 g/mol. The summed E-state index contributed by atoms with van der Waals surface area (Å²) in [6, 6.07) is 3.77. The molecule has 1 saturated carbocycles. The maximum Gasteiger partial charge on any atom is 0.410 e. The Hall–Kier alpha value is -1.87. The minimum atomic E-state index is -3.31. The lowest BCUT2D eigenvalue weighted by Crippen LogP contribution is -2.53.